The molecule has 2 heterocycles. The van der Waals surface area contributed by atoms with Crippen molar-refractivity contribution in [3.8, 4) is 11.1 Å². The van der Waals surface area contributed by atoms with Gasteiger partial charge in [0.1, 0.15) is 17.0 Å². The van der Waals surface area contributed by atoms with Crippen molar-refractivity contribution in [2.75, 3.05) is 12.4 Å². The number of anilines is 2. The van der Waals surface area contributed by atoms with Crippen LogP contribution in [0.25, 0.3) is 21.3 Å². The van der Waals surface area contributed by atoms with E-state index in [2.05, 4.69) is 34.3 Å². The summed E-state index contributed by atoms with van der Waals surface area (Å²) in [6.45, 7) is 2.07. The lowest BCUT2D eigenvalue weighted by molar-refractivity contribution is 0.0601. The molecule has 0 saturated carbocycles. The highest BCUT2D eigenvalue weighted by Crippen LogP contribution is 2.41. The van der Waals surface area contributed by atoms with Crippen molar-refractivity contribution in [3.05, 3.63) is 70.3 Å². The van der Waals surface area contributed by atoms with Gasteiger partial charge >= 0.3 is 5.97 Å². The number of nitrogens with zero attached hydrogens (tertiary/aromatic N) is 2. The molecule has 0 bridgehead atoms. The van der Waals surface area contributed by atoms with Gasteiger partial charge in [0.15, 0.2) is 0 Å². The monoisotopic (exact) mass is 409 g/mol. The average molecular weight is 410 g/mol. The number of aryl methyl sites for hydroxylation is 1. The number of carbonyl (C=O) groups excluding carboxylic acids is 1. The number of methoxy groups -OCH3 is 1. The van der Waals surface area contributed by atoms with Gasteiger partial charge in [-0.3, -0.25) is 0 Å². The maximum absolute atomic E-state index is 11.9. The number of esters is 1. The molecule has 0 aliphatic rings. The second kappa shape index (κ2) is 7.58. The smallest absolute Gasteiger partial charge is 0.337 e. The van der Waals surface area contributed by atoms with Crippen LogP contribution in [0.2, 0.25) is 5.02 Å². The standard InChI is InChI=1S/C21H16ClN3O2S/c1-12-17(13-6-4-3-5-7-13)18-19(23-11-24-20(18)28-12)25-16-10-14(21(26)27-2)8-9-15(16)22/h3-11H,1-2H3,(H,23,24,25). The molecule has 0 saturated heterocycles. The number of fused-ring (bicyclic) bond motifs is 1. The maximum Gasteiger partial charge on any atom is 0.337 e. The number of nitrogens with one attached hydrogen (secondary N) is 1. The molecule has 0 aliphatic heterocycles. The molecule has 140 valence electrons. The molecule has 2 aromatic heterocycles. The Morgan fingerprint density at radius 3 is 2.68 bits per heavy atom. The van der Waals surface area contributed by atoms with Crippen LogP contribution in [0.3, 0.4) is 0 Å². The Morgan fingerprint density at radius 2 is 1.93 bits per heavy atom. The fraction of sp³-hybridized carbons (Fsp3) is 0.0952. The number of halogens is 1. The van der Waals surface area contributed by atoms with Gasteiger partial charge in [0, 0.05) is 10.4 Å². The molecular weight excluding hydrogens is 394 g/mol. The molecule has 0 unspecified atom stereocenters. The van der Waals surface area contributed by atoms with E-state index in [1.54, 1.807) is 29.5 Å². The zero-order valence-electron chi connectivity index (χ0n) is 15.2. The molecule has 5 nitrogen and oxygen atoms in total. The summed E-state index contributed by atoms with van der Waals surface area (Å²) in [5.74, 6) is 0.209. The summed E-state index contributed by atoms with van der Waals surface area (Å²) in [7, 11) is 1.35. The Balaban J connectivity index is 1.86. The summed E-state index contributed by atoms with van der Waals surface area (Å²) in [6.07, 6.45) is 1.52. The van der Waals surface area contributed by atoms with E-state index < -0.39 is 5.97 Å². The Bertz CT molecular complexity index is 1180. The summed E-state index contributed by atoms with van der Waals surface area (Å²) < 4.78 is 4.80. The van der Waals surface area contributed by atoms with Crippen molar-refractivity contribution in [2.24, 2.45) is 0 Å². The van der Waals surface area contributed by atoms with Crippen molar-refractivity contribution in [1.29, 1.82) is 0 Å². The number of hydrogen-bond donors (Lipinski definition) is 1. The highest BCUT2D eigenvalue weighted by Gasteiger charge is 2.18. The van der Waals surface area contributed by atoms with Crippen LogP contribution in [-0.2, 0) is 4.74 Å². The number of carbonyl (C=O) groups is 1. The van der Waals surface area contributed by atoms with Crippen molar-refractivity contribution in [3.63, 3.8) is 0 Å². The minimum Gasteiger partial charge on any atom is -0.465 e. The van der Waals surface area contributed by atoms with E-state index in [1.807, 2.05) is 18.2 Å². The molecular formula is C21H16ClN3O2S. The number of hydrogen-bond acceptors (Lipinski definition) is 6. The minimum atomic E-state index is -0.427. The molecule has 28 heavy (non-hydrogen) atoms. The third-order valence-electron chi connectivity index (χ3n) is 4.37. The number of aromatic nitrogens is 2. The van der Waals surface area contributed by atoms with Crippen LogP contribution >= 0.6 is 22.9 Å². The number of ether oxygens (including phenoxy) is 1. The van der Waals surface area contributed by atoms with E-state index in [-0.39, 0.29) is 0 Å². The topological polar surface area (TPSA) is 64.1 Å². The van der Waals surface area contributed by atoms with Gasteiger partial charge in [-0.25, -0.2) is 14.8 Å². The molecule has 1 N–H and O–H groups in total. The van der Waals surface area contributed by atoms with E-state index in [0.29, 0.717) is 22.1 Å². The minimum absolute atomic E-state index is 0.407. The quantitative estimate of drug-likeness (QED) is 0.428. The van der Waals surface area contributed by atoms with Gasteiger partial charge < -0.3 is 10.1 Å². The lowest BCUT2D eigenvalue weighted by Gasteiger charge is -2.11. The second-order valence-corrected chi connectivity index (χ2v) is 7.72. The van der Waals surface area contributed by atoms with E-state index >= 15 is 0 Å². The molecule has 0 aliphatic carbocycles. The zero-order valence-corrected chi connectivity index (χ0v) is 16.8. The van der Waals surface area contributed by atoms with Crippen LogP contribution in [-0.4, -0.2) is 23.0 Å². The lowest BCUT2D eigenvalue weighted by atomic mass is 10.0. The van der Waals surface area contributed by atoms with E-state index in [4.69, 9.17) is 16.3 Å². The van der Waals surface area contributed by atoms with Gasteiger partial charge in [0.05, 0.1) is 28.8 Å². The highest BCUT2D eigenvalue weighted by atomic mass is 35.5. The van der Waals surface area contributed by atoms with Crippen molar-refractivity contribution in [1.82, 2.24) is 9.97 Å². The van der Waals surface area contributed by atoms with Gasteiger partial charge in [-0.1, -0.05) is 41.9 Å². The lowest BCUT2D eigenvalue weighted by Crippen LogP contribution is -2.03. The third kappa shape index (κ3) is 3.32. The Labute approximate surface area is 171 Å². The maximum atomic E-state index is 11.9. The van der Waals surface area contributed by atoms with Crippen molar-refractivity contribution in [2.45, 2.75) is 6.92 Å². The SMILES string of the molecule is COC(=O)c1ccc(Cl)c(Nc2ncnc3sc(C)c(-c4ccccc4)c23)c1. The van der Waals surface area contributed by atoms with Gasteiger partial charge in [0.25, 0.3) is 0 Å². The first-order chi connectivity index (χ1) is 13.6. The summed E-state index contributed by atoms with van der Waals surface area (Å²) in [6, 6.07) is 15.1. The molecule has 0 atom stereocenters. The van der Waals surface area contributed by atoms with Crippen LogP contribution in [0.15, 0.2) is 54.9 Å². The highest BCUT2D eigenvalue weighted by molar-refractivity contribution is 7.19. The van der Waals surface area contributed by atoms with Crippen molar-refractivity contribution < 1.29 is 9.53 Å². The third-order valence-corrected chi connectivity index (χ3v) is 5.71. The first kappa shape index (κ1) is 18.4. The van der Waals surface area contributed by atoms with Gasteiger partial charge in [-0.05, 0) is 30.7 Å². The molecule has 0 amide bonds. The molecule has 2 aromatic carbocycles. The predicted molar refractivity (Wildman–Crippen MR) is 114 cm³/mol. The fourth-order valence-corrected chi connectivity index (χ4v) is 4.26. The largest absolute Gasteiger partial charge is 0.465 e. The van der Waals surface area contributed by atoms with Gasteiger partial charge in [-0.15, -0.1) is 11.3 Å². The van der Waals surface area contributed by atoms with E-state index in [0.717, 1.165) is 26.2 Å². The van der Waals surface area contributed by atoms with Crippen molar-refractivity contribution >= 4 is 50.6 Å². The number of rotatable bonds is 4. The van der Waals surface area contributed by atoms with Crippen LogP contribution in [0.4, 0.5) is 11.5 Å². The second-order valence-electron chi connectivity index (χ2n) is 6.11. The van der Waals surface area contributed by atoms with Gasteiger partial charge in [-0.2, -0.15) is 0 Å². The average Bonchev–Trinajstić information content (AvgIpc) is 3.06. The summed E-state index contributed by atoms with van der Waals surface area (Å²) >= 11 is 7.97. The molecule has 7 heteroatoms. The van der Waals surface area contributed by atoms with Gasteiger partial charge in [0.2, 0.25) is 0 Å². The first-order valence-corrected chi connectivity index (χ1v) is 9.72. The Morgan fingerprint density at radius 1 is 1.14 bits per heavy atom. The molecule has 0 spiro atoms. The number of thiophene rings is 1. The zero-order chi connectivity index (χ0) is 19.7. The van der Waals surface area contributed by atoms with Crippen LogP contribution in [0.1, 0.15) is 15.2 Å². The summed E-state index contributed by atoms with van der Waals surface area (Å²) in [5.41, 5.74) is 3.17. The summed E-state index contributed by atoms with van der Waals surface area (Å²) in [5, 5.41) is 4.68. The molecule has 4 aromatic rings. The first-order valence-electron chi connectivity index (χ1n) is 8.53. The van der Waals surface area contributed by atoms with Crippen LogP contribution in [0.5, 0.6) is 0 Å². The molecule has 0 fully saturated rings. The number of benzene rings is 2. The molecule has 0 radical (unpaired) electrons. The Hall–Kier alpha value is -2.96. The normalized spacial score (nSPS) is 10.8. The van der Waals surface area contributed by atoms with Crippen LogP contribution < -0.4 is 5.32 Å². The fourth-order valence-electron chi connectivity index (χ4n) is 3.08. The molecule has 4 rings (SSSR count). The summed E-state index contributed by atoms with van der Waals surface area (Å²) in [4.78, 5) is 22.8. The predicted octanol–water partition coefficient (Wildman–Crippen LogP) is 5.85. The van der Waals surface area contributed by atoms with E-state index in [1.165, 1.54) is 13.4 Å². The Kier molecular flexibility index (Phi) is 4.98. The van der Waals surface area contributed by atoms with Crippen LogP contribution in [0, 0.1) is 6.92 Å². The van der Waals surface area contributed by atoms with E-state index in [9.17, 15) is 4.79 Å².